The van der Waals surface area contributed by atoms with E-state index in [-0.39, 0.29) is 0 Å². The molecule has 74 valence electrons. The molecule has 0 bridgehead atoms. The lowest BCUT2D eigenvalue weighted by Gasteiger charge is -2.00. The van der Waals surface area contributed by atoms with E-state index in [1.165, 1.54) is 0 Å². The molecule has 0 saturated heterocycles. The topological polar surface area (TPSA) is 25.2 Å². The summed E-state index contributed by atoms with van der Waals surface area (Å²) < 4.78 is 3.06. The molecule has 0 aliphatic rings. The summed E-state index contributed by atoms with van der Waals surface area (Å²) in [7, 11) is 0. The van der Waals surface area contributed by atoms with Gasteiger partial charge in [-0.2, -0.15) is 0 Å². The predicted octanol–water partition coefficient (Wildman–Crippen LogP) is 3.36. The number of fused-ring (bicyclic) bond motifs is 1. The van der Waals surface area contributed by atoms with Gasteiger partial charge in [-0.1, -0.05) is 13.0 Å². The van der Waals surface area contributed by atoms with Gasteiger partial charge in [0.2, 0.25) is 0 Å². The maximum atomic E-state index is 9.90. The number of aryl methyl sites for hydroxylation is 1. The van der Waals surface area contributed by atoms with Gasteiger partial charge in [0.05, 0.1) is 0 Å². The lowest BCUT2D eigenvalue weighted by molar-refractivity contribution is 0.421. The maximum absolute atomic E-state index is 9.90. The number of aromatic nitrogens is 1. The van der Waals surface area contributed by atoms with Gasteiger partial charge in [0.15, 0.2) is 5.88 Å². The first-order chi connectivity index (χ1) is 6.72. The Hall–Kier alpha value is -0.710. The second-order valence-corrected chi connectivity index (χ2v) is 4.62. The zero-order valence-electron chi connectivity index (χ0n) is 8.00. The van der Waals surface area contributed by atoms with Crippen LogP contribution >= 0.6 is 22.6 Å². The number of hydrogen-bond acceptors (Lipinski definition) is 1. The van der Waals surface area contributed by atoms with Crippen molar-refractivity contribution in [2.45, 2.75) is 19.9 Å². The fourth-order valence-electron chi connectivity index (χ4n) is 1.63. The van der Waals surface area contributed by atoms with Crippen molar-refractivity contribution in [3.8, 4) is 5.88 Å². The fraction of sp³-hybridized carbons (Fsp3) is 0.273. The van der Waals surface area contributed by atoms with Crippen molar-refractivity contribution in [2.24, 2.45) is 0 Å². The number of hydrogen-bond donors (Lipinski definition) is 1. The number of nitrogens with zero attached hydrogens (tertiary/aromatic N) is 1. The molecule has 0 amide bonds. The quantitative estimate of drug-likeness (QED) is 0.845. The van der Waals surface area contributed by atoms with Crippen LogP contribution in [0.5, 0.6) is 5.88 Å². The van der Waals surface area contributed by atoms with Gasteiger partial charge in [-0.25, -0.2) is 0 Å². The number of benzene rings is 1. The summed E-state index contributed by atoms with van der Waals surface area (Å²) in [6.07, 6.45) is 3.04. The number of aromatic hydroxyl groups is 1. The molecule has 0 aliphatic heterocycles. The summed E-state index contributed by atoms with van der Waals surface area (Å²) in [4.78, 5) is 0. The van der Waals surface area contributed by atoms with Crippen LogP contribution in [0.2, 0.25) is 0 Å². The molecule has 1 aromatic heterocycles. The van der Waals surface area contributed by atoms with Gasteiger partial charge in [-0.05, 0) is 41.1 Å². The first-order valence-corrected chi connectivity index (χ1v) is 5.77. The third-order valence-corrected chi connectivity index (χ3v) is 2.96. The monoisotopic (exact) mass is 301 g/mol. The zero-order chi connectivity index (χ0) is 10.1. The molecule has 0 fully saturated rings. The summed E-state index contributed by atoms with van der Waals surface area (Å²) in [5.74, 6) is 0.389. The molecular weight excluding hydrogens is 289 g/mol. The summed E-state index contributed by atoms with van der Waals surface area (Å²) in [6, 6.07) is 6.11. The van der Waals surface area contributed by atoms with Gasteiger partial charge in [-0.15, -0.1) is 0 Å². The minimum atomic E-state index is 0.389. The number of halogens is 1. The molecule has 2 rings (SSSR count). The van der Waals surface area contributed by atoms with Crippen LogP contribution in [-0.2, 0) is 6.54 Å². The average molecular weight is 301 g/mol. The van der Waals surface area contributed by atoms with Crippen molar-refractivity contribution < 1.29 is 5.11 Å². The molecular formula is C11H12INO. The zero-order valence-corrected chi connectivity index (χ0v) is 10.2. The normalized spacial score (nSPS) is 11.0. The lowest BCUT2D eigenvalue weighted by atomic mass is 10.2. The summed E-state index contributed by atoms with van der Waals surface area (Å²) >= 11 is 2.25. The summed E-state index contributed by atoms with van der Waals surface area (Å²) in [5.41, 5.74) is 0. The van der Waals surface area contributed by atoms with E-state index in [1.807, 2.05) is 22.9 Å². The van der Waals surface area contributed by atoms with E-state index < -0.39 is 0 Å². The highest BCUT2D eigenvalue weighted by Gasteiger charge is 2.06. The molecule has 0 aliphatic carbocycles. The van der Waals surface area contributed by atoms with Crippen molar-refractivity contribution in [1.29, 1.82) is 0 Å². The van der Waals surface area contributed by atoms with Gasteiger partial charge < -0.3 is 9.67 Å². The molecule has 0 radical (unpaired) electrons. The summed E-state index contributed by atoms with van der Waals surface area (Å²) in [5, 5.41) is 12.0. The van der Waals surface area contributed by atoms with E-state index in [4.69, 9.17) is 0 Å². The van der Waals surface area contributed by atoms with E-state index in [0.717, 1.165) is 27.3 Å². The Balaban J connectivity index is 2.62. The first-order valence-electron chi connectivity index (χ1n) is 4.69. The first kappa shape index (κ1) is 9.83. The third kappa shape index (κ3) is 1.61. The van der Waals surface area contributed by atoms with Gasteiger partial charge in [0, 0.05) is 27.1 Å². The highest BCUT2D eigenvalue weighted by atomic mass is 127. The van der Waals surface area contributed by atoms with Crippen LogP contribution in [0.15, 0.2) is 24.4 Å². The fourth-order valence-corrected chi connectivity index (χ4v) is 2.12. The molecule has 2 nitrogen and oxygen atoms in total. The molecule has 1 aromatic carbocycles. The molecule has 2 aromatic rings. The van der Waals surface area contributed by atoms with Crippen LogP contribution < -0.4 is 0 Å². The van der Waals surface area contributed by atoms with E-state index in [0.29, 0.717) is 5.88 Å². The minimum absolute atomic E-state index is 0.389. The smallest absolute Gasteiger partial charge is 0.199 e. The maximum Gasteiger partial charge on any atom is 0.199 e. The Bertz CT molecular complexity index is 462. The van der Waals surface area contributed by atoms with Crippen molar-refractivity contribution in [1.82, 2.24) is 4.57 Å². The Kier molecular flexibility index (Phi) is 2.67. The van der Waals surface area contributed by atoms with Crippen LogP contribution in [0.4, 0.5) is 0 Å². The van der Waals surface area contributed by atoms with Crippen molar-refractivity contribution >= 4 is 33.4 Å². The Labute approximate surface area is 96.7 Å². The lowest BCUT2D eigenvalue weighted by Crippen LogP contribution is -1.92. The standard InChI is InChI=1S/C11H12INO/c1-2-5-13-7-8-3-4-9(12)6-10(8)11(13)14/h3-4,6-7,14H,2,5H2,1H3. The highest BCUT2D eigenvalue weighted by Crippen LogP contribution is 2.28. The predicted molar refractivity (Wildman–Crippen MR) is 66.6 cm³/mol. The van der Waals surface area contributed by atoms with E-state index in [1.54, 1.807) is 0 Å². The van der Waals surface area contributed by atoms with Crippen molar-refractivity contribution in [3.05, 3.63) is 28.0 Å². The molecule has 1 heterocycles. The largest absolute Gasteiger partial charge is 0.494 e. The van der Waals surface area contributed by atoms with Crippen LogP contribution in [0.3, 0.4) is 0 Å². The molecule has 3 heteroatoms. The molecule has 0 spiro atoms. The van der Waals surface area contributed by atoms with E-state index in [9.17, 15) is 5.11 Å². The summed E-state index contributed by atoms with van der Waals surface area (Å²) in [6.45, 7) is 2.98. The second kappa shape index (κ2) is 3.81. The SMILES string of the molecule is CCCn1cc2ccc(I)cc2c1O. The van der Waals surface area contributed by atoms with E-state index >= 15 is 0 Å². The average Bonchev–Trinajstić information content (AvgIpc) is 2.46. The minimum Gasteiger partial charge on any atom is -0.494 e. The van der Waals surface area contributed by atoms with Crippen LogP contribution in [0.25, 0.3) is 10.8 Å². The molecule has 0 unspecified atom stereocenters. The Morgan fingerprint density at radius 2 is 2.21 bits per heavy atom. The molecule has 1 N–H and O–H groups in total. The van der Waals surface area contributed by atoms with Crippen LogP contribution in [0.1, 0.15) is 13.3 Å². The Morgan fingerprint density at radius 1 is 1.43 bits per heavy atom. The van der Waals surface area contributed by atoms with Crippen LogP contribution in [-0.4, -0.2) is 9.67 Å². The third-order valence-electron chi connectivity index (χ3n) is 2.29. The molecule has 14 heavy (non-hydrogen) atoms. The Morgan fingerprint density at radius 3 is 2.93 bits per heavy atom. The number of rotatable bonds is 2. The van der Waals surface area contributed by atoms with Crippen molar-refractivity contribution in [2.75, 3.05) is 0 Å². The van der Waals surface area contributed by atoms with Crippen LogP contribution in [0, 0.1) is 3.57 Å². The van der Waals surface area contributed by atoms with Gasteiger partial charge in [0.25, 0.3) is 0 Å². The van der Waals surface area contributed by atoms with Gasteiger partial charge in [-0.3, -0.25) is 0 Å². The van der Waals surface area contributed by atoms with Gasteiger partial charge in [0.1, 0.15) is 0 Å². The highest BCUT2D eigenvalue weighted by molar-refractivity contribution is 14.1. The van der Waals surface area contributed by atoms with Gasteiger partial charge >= 0.3 is 0 Å². The molecule has 0 saturated carbocycles. The second-order valence-electron chi connectivity index (χ2n) is 3.38. The molecule has 0 atom stereocenters. The van der Waals surface area contributed by atoms with E-state index in [2.05, 4.69) is 35.6 Å². The van der Waals surface area contributed by atoms with Crippen molar-refractivity contribution in [3.63, 3.8) is 0 Å².